The molecule has 0 heterocycles. The third kappa shape index (κ3) is 2.08. The second-order valence-electron chi connectivity index (χ2n) is 2.69. The van der Waals surface area contributed by atoms with Crippen molar-refractivity contribution in [2.45, 2.75) is 5.88 Å². The molecule has 78 valence electrons. The van der Waals surface area contributed by atoms with Crippen molar-refractivity contribution in [1.82, 2.24) is 0 Å². The number of methoxy groups -OCH3 is 1. The van der Waals surface area contributed by atoms with Crippen LogP contribution in [0.4, 0.5) is 4.39 Å². The molecule has 0 radical (unpaired) electrons. The molecule has 0 aliphatic carbocycles. The highest BCUT2D eigenvalue weighted by Gasteiger charge is 2.20. The van der Waals surface area contributed by atoms with Crippen LogP contribution < -0.4 is 0 Å². The van der Waals surface area contributed by atoms with Crippen molar-refractivity contribution in [3.63, 3.8) is 0 Å². The number of alkyl halides is 1. The highest BCUT2D eigenvalue weighted by Crippen LogP contribution is 2.20. The van der Waals surface area contributed by atoms with Crippen LogP contribution in [0.5, 0.6) is 0 Å². The van der Waals surface area contributed by atoms with E-state index in [0.29, 0.717) is 5.56 Å². The number of hydrogen-bond acceptors (Lipinski definition) is 3. The fourth-order valence-electron chi connectivity index (χ4n) is 1.16. The molecular formula is C10H7ClFNO2. The molecule has 3 nitrogen and oxygen atoms in total. The molecule has 1 rings (SSSR count). The van der Waals surface area contributed by atoms with Crippen molar-refractivity contribution >= 4 is 17.6 Å². The van der Waals surface area contributed by atoms with Gasteiger partial charge in [0.1, 0.15) is 17.4 Å². The van der Waals surface area contributed by atoms with Crippen molar-refractivity contribution in [2.75, 3.05) is 7.11 Å². The molecule has 5 heteroatoms. The van der Waals surface area contributed by atoms with E-state index in [9.17, 15) is 9.18 Å². The molecule has 1 aromatic rings. The van der Waals surface area contributed by atoms with Gasteiger partial charge in [0.05, 0.1) is 12.7 Å². The van der Waals surface area contributed by atoms with Gasteiger partial charge in [-0.2, -0.15) is 5.26 Å². The maximum absolute atomic E-state index is 13.3. The molecule has 0 unspecified atom stereocenters. The predicted molar refractivity (Wildman–Crippen MR) is 52.0 cm³/mol. The van der Waals surface area contributed by atoms with Gasteiger partial charge in [-0.3, -0.25) is 0 Å². The maximum atomic E-state index is 13.3. The summed E-state index contributed by atoms with van der Waals surface area (Å²) in [5, 5.41) is 8.82. The maximum Gasteiger partial charge on any atom is 0.342 e. The lowest BCUT2D eigenvalue weighted by molar-refractivity contribution is 0.0595. The monoisotopic (exact) mass is 227 g/mol. The largest absolute Gasteiger partial charge is 0.465 e. The summed E-state index contributed by atoms with van der Waals surface area (Å²) in [5.41, 5.74) is -0.0315. The summed E-state index contributed by atoms with van der Waals surface area (Å²) in [4.78, 5) is 11.2. The number of hydrogen-bond donors (Lipinski definition) is 0. The number of esters is 1. The zero-order valence-corrected chi connectivity index (χ0v) is 8.64. The van der Waals surface area contributed by atoms with Crippen LogP contribution in [0, 0.1) is 17.1 Å². The molecule has 1 aromatic carbocycles. The van der Waals surface area contributed by atoms with Crippen LogP contribution in [0.2, 0.25) is 0 Å². The smallest absolute Gasteiger partial charge is 0.342 e. The lowest BCUT2D eigenvalue weighted by Crippen LogP contribution is -2.09. The van der Waals surface area contributed by atoms with Crippen LogP contribution in [0.3, 0.4) is 0 Å². The highest BCUT2D eigenvalue weighted by atomic mass is 35.5. The van der Waals surface area contributed by atoms with Crippen LogP contribution in [-0.4, -0.2) is 13.1 Å². The lowest BCUT2D eigenvalue weighted by Gasteiger charge is -2.06. The Hall–Kier alpha value is -1.60. The number of nitrogens with zero attached hydrogens (tertiary/aromatic N) is 1. The Morgan fingerprint density at radius 3 is 2.80 bits per heavy atom. The molecule has 0 spiro atoms. The van der Waals surface area contributed by atoms with Crippen molar-refractivity contribution in [3.8, 4) is 6.07 Å². The van der Waals surface area contributed by atoms with Crippen LogP contribution in [0.15, 0.2) is 12.1 Å². The summed E-state index contributed by atoms with van der Waals surface area (Å²) in [7, 11) is 1.12. The quantitative estimate of drug-likeness (QED) is 0.575. The van der Waals surface area contributed by atoms with Gasteiger partial charge in [-0.25, -0.2) is 9.18 Å². The SMILES string of the molecule is COC(=O)c1c(F)ccc(CCl)c1C#N. The molecule has 0 fully saturated rings. The molecule has 0 saturated heterocycles. The van der Waals surface area contributed by atoms with E-state index < -0.39 is 11.8 Å². The molecule has 15 heavy (non-hydrogen) atoms. The number of rotatable bonds is 2. The number of ether oxygens (including phenoxy) is 1. The standard InChI is InChI=1S/C10H7ClFNO2/c1-15-10(14)9-7(5-13)6(4-11)2-3-8(9)12/h2-3H,4H2,1H3. The first-order valence-electron chi connectivity index (χ1n) is 4.01. The van der Waals surface area contributed by atoms with Crippen LogP contribution in [-0.2, 0) is 10.6 Å². The Labute approximate surface area is 91.0 Å². The summed E-state index contributed by atoms with van der Waals surface area (Å²) in [6.45, 7) is 0. The molecular weight excluding hydrogens is 221 g/mol. The van der Waals surface area contributed by atoms with Gasteiger partial charge in [0.15, 0.2) is 0 Å². The second-order valence-corrected chi connectivity index (χ2v) is 2.96. The average molecular weight is 228 g/mol. The van der Waals surface area contributed by atoms with Gasteiger partial charge < -0.3 is 4.74 Å². The van der Waals surface area contributed by atoms with Crippen LogP contribution in [0.1, 0.15) is 21.5 Å². The summed E-state index contributed by atoms with van der Waals surface area (Å²) in [6.07, 6.45) is 0. The Kier molecular flexibility index (Phi) is 3.64. The topological polar surface area (TPSA) is 50.1 Å². The molecule has 0 aliphatic heterocycles. The molecule has 0 atom stereocenters. The Bertz CT molecular complexity index is 440. The normalized spacial score (nSPS) is 9.47. The number of benzene rings is 1. The van der Waals surface area contributed by atoms with E-state index in [1.54, 1.807) is 6.07 Å². The molecule has 0 aliphatic rings. The van der Waals surface area contributed by atoms with Crippen molar-refractivity contribution in [3.05, 3.63) is 34.6 Å². The van der Waals surface area contributed by atoms with Crippen molar-refractivity contribution in [2.24, 2.45) is 0 Å². The van der Waals surface area contributed by atoms with Crippen molar-refractivity contribution < 1.29 is 13.9 Å². The third-order valence-electron chi connectivity index (χ3n) is 1.89. The van der Waals surface area contributed by atoms with E-state index in [1.807, 2.05) is 0 Å². The first kappa shape index (κ1) is 11.5. The summed E-state index contributed by atoms with van der Waals surface area (Å²) >= 11 is 5.56. The van der Waals surface area contributed by atoms with Gasteiger partial charge >= 0.3 is 5.97 Å². The van der Waals surface area contributed by atoms with E-state index in [1.165, 1.54) is 6.07 Å². The van der Waals surface area contributed by atoms with Gasteiger partial charge in [0.2, 0.25) is 0 Å². The van der Waals surface area contributed by atoms with E-state index in [0.717, 1.165) is 13.2 Å². The van der Waals surface area contributed by atoms with Gasteiger partial charge in [0, 0.05) is 5.88 Å². The van der Waals surface area contributed by atoms with E-state index in [4.69, 9.17) is 16.9 Å². The third-order valence-corrected chi connectivity index (χ3v) is 2.17. The van der Waals surface area contributed by atoms with Gasteiger partial charge in [-0.1, -0.05) is 6.07 Å². The van der Waals surface area contributed by atoms with Crippen LogP contribution in [0.25, 0.3) is 0 Å². The fraction of sp³-hybridized carbons (Fsp3) is 0.200. The first-order chi connectivity index (χ1) is 7.15. The number of carbonyl (C=O) groups is 1. The lowest BCUT2D eigenvalue weighted by atomic mass is 10.0. The van der Waals surface area contributed by atoms with E-state index in [2.05, 4.69) is 4.74 Å². The minimum absolute atomic E-state index is 0.0349. The second kappa shape index (κ2) is 4.76. The zero-order chi connectivity index (χ0) is 11.4. The summed E-state index contributed by atoms with van der Waals surface area (Å²) in [6, 6.07) is 4.20. The molecule has 0 bridgehead atoms. The highest BCUT2D eigenvalue weighted by molar-refractivity contribution is 6.17. The number of carbonyl (C=O) groups excluding carboxylic acids is 1. The number of nitriles is 1. The van der Waals surface area contributed by atoms with Gasteiger partial charge in [-0.15, -0.1) is 11.6 Å². The molecule has 0 saturated carbocycles. The molecule has 0 amide bonds. The average Bonchev–Trinajstić information content (AvgIpc) is 2.27. The van der Waals surface area contributed by atoms with Gasteiger partial charge in [0.25, 0.3) is 0 Å². The Balaban J connectivity index is 3.47. The van der Waals surface area contributed by atoms with E-state index in [-0.39, 0.29) is 17.0 Å². The Morgan fingerprint density at radius 1 is 1.67 bits per heavy atom. The van der Waals surface area contributed by atoms with Crippen LogP contribution >= 0.6 is 11.6 Å². The van der Waals surface area contributed by atoms with Gasteiger partial charge in [-0.05, 0) is 11.6 Å². The molecule has 0 aromatic heterocycles. The zero-order valence-electron chi connectivity index (χ0n) is 7.88. The first-order valence-corrected chi connectivity index (χ1v) is 4.55. The summed E-state index contributed by atoms with van der Waals surface area (Å²) < 4.78 is 17.7. The fourth-order valence-corrected chi connectivity index (χ4v) is 1.38. The summed E-state index contributed by atoms with van der Waals surface area (Å²) in [5.74, 6) is -1.63. The predicted octanol–water partition coefficient (Wildman–Crippen LogP) is 2.22. The van der Waals surface area contributed by atoms with E-state index >= 15 is 0 Å². The van der Waals surface area contributed by atoms with Crippen molar-refractivity contribution in [1.29, 1.82) is 5.26 Å². The minimum Gasteiger partial charge on any atom is -0.465 e. The minimum atomic E-state index is -0.879. The number of halogens is 2. The molecule has 0 N–H and O–H groups in total. The Morgan fingerprint density at radius 2 is 2.33 bits per heavy atom.